The van der Waals surface area contributed by atoms with Gasteiger partial charge in [-0.25, -0.2) is 0 Å². The molecule has 1 aliphatic heterocycles. The molecule has 0 N–H and O–H groups in total. The average Bonchev–Trinajstić information content (AvgIpc) is 2.77. The summed E-state index contributed by atoms with van der Waals surface area (Å²) in [6, 6.07) is 5.90. The summed E-state index contributed by atoms with van der Waals surface area (Å²) in [7, 11) is 4.01. The average molecular weight is 310 g/mol. The molecule has 0 amide bonds. The second-order valence-corrected chi connectivity index (χ2v) is 5.88. The van der Waals surface area contributed by atoms with Crippen LogP contribution in [0.1, 0.15) is 5.69 Å². The van der Waals surface area contributed by atoms with Crippen molar-refractivity contribution in [3.05, 3.63) is 28.9 Å². The molecule has 0 radical (unpaired) electrons. The minimum atomic E-state index is 0.134. The van der Waals surface area contributed by atoms with Crippen molar-refractivity contribution >= 4 is 22.5 Å². The van der Waals surface area contributed by atoms with E-state index in [1.54, 1.807) is 0 Å². The number of hydrogen-bond donors (Lipinski definition) is 0. The van der Waals surface area contributed by atoms with E-state index in [9.17, 15) is 0 Å². The van der Waals surface area contributed by atoms with E-state index in [2.05, 4.69) is 17.0 Å². The Morgan fingerprint density at radius 3 is 3.05 bits per heavy atom. The molecule has 0 spiro atoms. The third-order valence-electron chi connectivity index (χ3n) is 3.72. The molecule has 2 heterocycles. The molecule has 3 rings (SSSR count). The van der Waals surface area contributed by atoms with Crippen molar-refractivity contribution in [3.8, 4) is 0 Å². The molecule has 1 fully saturated rings. The van der Waals surface area contributed by atoms with Gasteiger partial charge in [0.05, 0.1) is 42.2 Å². The zero-order valence-electron chi connectivity index (χ0n) is 12.4. The minimum Gasteiger partial charge on any atom is -0.376 e. The van der Waals surface area contributed by atoms with Gasteiger partial charge >= 0.3 is 0 Å². The SMILES string of the molecule is CN(Cc1nn(C)c2cccc(Cl)c12)C[C@H]1COCCO1. The largest absolute Gasteiger partial charge is 0.376 e. The smallest absolute Gasteiger partial charge is 0.0936 e. The Labute approximate surface area is 129 Å². The van der Waals surface area contributed by atoms with Gasteiger partial charge in [0.25, 0.3) is 0 Å². The second kappa shape index (κ2) is 6.32. The lowest BCUT2D eigenvalue weighted by atomic mass is 10.2. The lowest BCUT2D eigenvalue weighted by Crippen LogP contribution is -2.38. The molecule has 0 unspecified atom stereocenters. The van der Waals surface area contributed by atoms with E-state index >= 15 is 0 Å². The summed E-state index contributed by atoms with van der Waals surface area (Å²) >= 11 is 6.33. The molecule has 5 nitrogen and oxygen atoms in total. The van der Waals surface area contributed by atoms with Crippen LogP contribution in [0.5, 0.6) is 0 Å². The molecule has 1 aliphatic rings. The third-order valence-corrected chi connectivity index (χ3v) is 4.03. The highest BCUT2D eigenvalue weighted by molar-refractivity contribution is 6.35. The quantitative estimate of drug-likeness (QED) is 0.867. The first-order valence-corrected chi connectivity index (χ1v) is 7.51. The monoisotopic (exact) mass is 309 g/mol. The molecule has 1 aromatic carbocycles. The van der Waals surface area contributed by atoms with E-state index in [1.807, 2.05) is 29.9 Å². The Hall–Kier alpha value is -1.14. The van der Waals surface area contributed by atoms with E-state index in [0.29, 0.717) is 19.8 Å². The van der Waals surface area contributed by atoms with Crippen molar-refractivity contribution in [2.24, 2.45) is 7.05 Å². The third kappa shape index (κ3) is 3.21. The Kier molecular flexibility index (Phi) is 4.45. The summed E-state index contributed by atoms with van der Waals surface area (Å²) in [6.07, 6.45) is 0.134. The van der Waals surface area contributed by atoms with Crippen LogP contribution in [0.25, 0.3) is 10.9 Å². The van der Waals surface area contributed by atoms with Gasteiger partial charge < -0.3 is 9.47 Å². The Balaban J connectivity index is 1.75. The van der Waals surface area contributed by atoms with Crippen molar-refractivity contribution in [1.82, 2.24) is 14.7 Å². The maximum Gasteiger partial charge on any atom is 0.0936 e. The fourth-order valence-electron chi connectivity index (χ4n) is 2.77. The van der Waals surface area contributed by atoms with Gasteiger partial charge in [-0.1, -0.05) is 17.7 Å². The van der Waals surface area contributed by atoms with E-state index < -0.39 is 0 Å². The van der Waals surface area contributed by atoms with E-state index in [0.717, 1.165) is 34.7 Å². The molecular weight excluding hydrogens is 290 g/mol. The van der Waals surface area contributed by atoms with Crippen LogP contribution in [0.4, 0.5) is 0 Å². The maximum atomic E-state index is 6.33. The van der Waals surface area contributed by atoms with Gasteiger partial charge in [-0.05, 0) is 19.2 Å². The topological polar surface area (TPSA) is 39.5 Å². The van der Waals surface area contributed by atoms with Crippen LogP contribution in [-0.4, -0.2) is 54.2 Å². The molecule has 1 aromatic heterocycles. The molecule has 21 heavy (non-hydrogen) atoms. The summed E-state index contributed by atoms with van der Waals surface area (Å²) in [4.78, 5) is 2.20. The van der Waals surface area contributed by atoms with Gasteiger partial charge in [0.15, 0.2) is 0 Å². The second-order valence-electron chi connectivity index (χ2n) is 5.47. The van der Waals surface area contributed by atoms with Crippen molar-refractivity contribution in [1.29, 1.82) is 0 Å². The summed E-state index contributed by atoms with van der Waals surface area (Å²) in [5.41, 5.74) is 2.06. The van der Waals surface area contributed by atoms with Crippen molar-refractivity contribution < 1.29 is 9.47 Å². The number of benzene rings is 1. The van der Waals surface area contributed by atoms with Crippen LogP contribution >= 0.6 is 11.6 Å². The zero-order valence-corrected chi connectivity index (χ0v) is 13.1. The summed E-state index contributed by atoms with van der Waals surface area (Å²) in [6.45, 7) is 3.59. The first-order valence-electron chi connectivity index (χ1n) is 7.13. The molecule has 0 aliphatic carbocycles. The zero-order chi connectivity index (χ0) is 14.8. The van der Waals surface area contributed by atoms with Crippen LogP contribution in [0, 0.1) is 0 Å². The number of hydrogen-bond acceptors (Lipinski definition) is 4. The van der Waals surface area contributed by atoms with Gasteiger partial charge in [0.2, 0.25) is 0 Å². The predicted molar refractivity (Wildman–Crippen MR) is 82.6 cm³/mol. The van der Waals surface area contributed by atoms with Crippen LogP contribution in [0.15, 0.2) is 18.2 Å². The Morgan fingerprint density at radius 1 is 1.43 bits per heavy atom. The Bertz CT molecular complexity index is 623. The molecule has 0 bridgehead atoms. The van der Waals surface area contributed by atoms with E-state index in [1.165, 1.54) is 0 Å². The summed E-state index contributed by atoms with van der Waals surface area (Å²) in [5, 5.41) is 6.39. The first kappa shape index (κ1) is 14.8. The summed E-state index contributed by atoms with van der Waals surface area (Å²) < 4.78 is 13.0. The number of rotatable bonds is 4. The van der Waals surface area contributed by atoms with Gasteiger partial charge in [0.1, 0.15) is 0 Å². The van der Waals surface area contributed by atoms with Gasteiger partial charge in [0, 0.05) is 25.5 Å². The highest BCUT2D eigenvalue weighted by Gasteiger charge is 2.18. The number of aryl methyl sites for hydroxylation is 1. The molecule has 1 saturated heterocycles. The highest BCUT2D eigenvalue weighted by atomic mass is 35.5. The van der Waals surface area contributed by atoms with Gasteiger partial charge in [-0.15, -0.1) is 0 Å². The standard InChI is InChI=1S/C15H20ClN3O2/c1-18(8-11-10-20-6-7-21-11)9-13-15-12(16)4-3-5-14(15)19(2)17-13/h3-5,11H,6-10H2,1-2H3/t11-/m0/s1. The normalized spacial score (nSPS) is 19.5. The first-order chi connectivity index (χ1) is 10.1. The van der Waals surface area contributed by atoms with Crippen LogP contribution in [-0.2, 0) is 23.1 Å². The van der Waals surface area contributed by atoms with E-state index in [-0.39, 0.29) is 6.10 Å². The number of ether oxygens (including phenoxy) is 2. The van der Waals surface area contributed by atoms with Gasteiger partial charge in [-0.2, -0.15) is 5.10 Å². The minimum absolute atomic E-state index is 0.134. The highest BCUT2D eigenvalue weighted by Crippen LogP contribution is 2.27. The van der Waals surface area contributed by atoms with E-state index in [4.69, 9.17) is 21.1 Å². The van der Waals surface area contributed by atoms with Crippen molar-refractivity contribution in [2.45, 2.75) is 12.6 Å². The molecular formula is C15H20ClN3O2. The molecule has 0 saturated carbocycles. The number of halogens is 1. The lowest BCUT2D eigenvalue weighted by molar-refractivity contribution is -0.0963. The van der Waals surface area contributed by atoms with Gasteiger partial charge in [-0.3, -0.25) is 9.58 Å². The lowest BCUT2D eigenvalue weighted by Gasteiger charge is -2.27. The number of fused-ring (bicyclic) bond motifs is 1. The number of aromatic nitrogens is 2. The van der Waals surface area contributed by atoms with Crippen molar-refractivity contribution in [3.63, 3.8) is 0 Å². The fourth-order valence-corrected chi connectivity index (χ4v) is 3.05. The predicted octanol–water partition coefficient (Wildman–Crippen LogP) is 2.07. The molecule has 2 aromatic rings. The molecule has 6 heteroatoms. The summed E-state index contributed by atoms with van der Waals surface area (Å²) in [5.74, 6) is 0. The fraction of sp³-hybridized carbons (Fsp3) is 0.533. The molecule has 114 valence electrons. The number of nitrogens with zero attached hydrogens (tertiary/aromatic N) is 3. The van der Waals surface area contributed by atoms with Crippen LogP contribution < -0.4 is 0 Å². The Morgan fingerprint density at radius 2 is 2.29 bits per heavy atom. The maximum absolute atomic E-state index is 6.33. The van der Waals surface area contributed by atoms with Crippen molar-refractivity contribution in [2.75, 3.05) is 33.4 Å². The van der Waals surface area contributed by atoms with Crippen LogP contribution in [0.2, 0.25) is 5.02 Å². The van der Waals surface area contributed by atoms with Crippen LogP contribution in [0.3, 0.4) is 0 Å². The number of likely N-dealkylation sites (N-methyl/N-ethyl adjacent to an activating group) is 1. The molecule has 1 atom stereocenters.